The normalized spacial score (nSPS) is 22.3. The highest BCUT2D eigenvalue weighted by atomic mass is 16.5. The molecule has 2 aromatic carbocycles. The molecule has 0 aromatic heterocycles. The number of para-hydroxylation sites is 1. The lowest BCUT2D eigenvalue weighted by Gasteiger charge is -2.28. The van der Waals surface area contributed by atoms with E-state index < -0.39 is 41.8 Å². The van der Waals surface area contributed by atoms with Crippen molar-refractivity contribution in [3.63, 3.8) is 0 Å². The van der Waals surface area contributed by atoms with Crippen LogP contribution in [-0.4, -0.2) is 96.8 Å². The van der Waals surface area contributed by atoms with Crippen LogP contribution in [0.3, 0.4) is 0 Å². The molecule has 0 bridgehead atoms. The van der Waals surface area contributed by atoms with Crippen molar-refractivity contribution < 1.29 is 28.7 Å². The zero-order chi connectivity index (χ0) is 33.8. The lowest BCUT2D eigenvalue weighted by Crippen LogP contribution is -2.55. The number of ether oxygens (including phenoxy) is 1. The predicted molar refractivity (Wildman–Crippen MR) is 177 cm³/mol. The van der Waals surface area contributed by atoms with E-state index >= 15 is 0 Å². The van der Waals surface area contributed by atoms with Crippen molar-refractivity contribution in [3.05, 3.63) is 65.7 Å². The Balaban J connectivity index is 1.63. The fourth-order valence-electron chi connectivity index (χ4n) is 5.73. The average molecular weight is 649 g/mol. The topological polar surface area (TPSA) is 149 Å². The second-order valence-electron chi connectivity index (χ2n) is 12.7. The summed E-state index contributed by atoms with van der Waals surface area (Å²) >= 11 is 0. The van der Waals surface area contributed by atoms with Gasteiger partial charge in [0.2, 0.25) is 23.6 Å². The Morgan fingerprint density at radius 1 is 0.936 bits per heavy atom. The van der Waals surface area contributed by atoms with Gasteiger partial charge in [0.1, 0.15) is 24.4 Å². The Hall–Kier alpha value is -4.45. The van der Waals surface area contributed by atoms with E-state index in [0.717, 1.165) is 31.5 Å². The number of hydrogen-bond acceptors (Lipinski definition) is 7. The van der Waals surface area contributed by atoms with Crippen LogP contribution in [0.4, 0.5) is 0 Å². The van der Waals surface area contributed by atoms with Crippen molar-refractivity contribution in [2.24, 2.45) is 5.92 Å². The molecule has 254 valence electrons. The highest BCUT2D eigenvalue weighted by Crippen LogP contribution is 2.19. The summed E-state index contributed by atoms with van der Waals surface area (Å²) in [4.78, 5) is 71.4. The molecule has 12 heteroatoms. The number of piperidine rings is 1. The van der Waals surface area contributed by atoms with Gasteiger partial charge in [0.25, 0.3) is 5.91 Å². The van der Waals surface area contributed by atoms with Gasteiger partial charge < -0.3 is 35.8 Å². The summed E-state index contributed by atoms with van der Waals surface area (Å²) in [7, 11) is 0. The Bertz CT molecular complexity index is 1380. The first-order valence-corrected chi connectivity index (χ1v) is 16.5. The largest absolute Gasteiger partial charge is 0.491 e. The third-order valence-electron chi connectivity index (χ3n) is 8.35. The number of fused-ring (bicyclic) bond motifs is 1. The highest BCUT2D eigenvalue weighted by molar-refractivity contribution is 6.01. The fourth-order valence-corrected chi connectivity index (χ4v) is 5.73. The molecule has 2 aliphatic heterocycles. The third kappa shape index (κ3) is 10.8. The standard InChI is InChI=1S/C35H48N6O6/c1-24(2)32-35(46)37-25(3)23-47-29-15-9-8-14-27(29)33(44)38-28(34(45)36-16-19-40-17-10-5-11-18-40)20-31(43)41(22-30(42)39-32)21-26-12-6-4-7-13-26/h4,6-9,12-15,24-25,28,32H,5,10-11,16-23H2,1-3H3,(H,36,45)(H,37,46)(H,38,44)(H,39,42)/t25-,28-,32+/m0/s1. The summed E-state index contributed by atoms with van der Waals surface area (Å²) in [5.74, 6) is -2.46. The van der Waals surface area contributed by atoms with Gasteiger partial charge in [-0.3, -0.25) is 24.0 Å². The summed E-state index contributed by atoms with van der Waals surface area (Å²) in [6, 6.07) is 13.3. The molecule has 0 saturated carbocycles. The highest BCUT2D eigenvalue weighted by Gasteiger charge is 2.31. The Kier molecular flexibility index (Phi) is 13.2. The van der Waals surface area contributed by atoms with Crippen molar-refractivity contribution in [2.45, 2.75) is 71.1 Å². The number of benzene rings is 2. The molecule has 3 atom stereocenters. The molecule has 1 saturated heterocycles. The molecule has 0 aliphatic carbocycles. The van der Waals surface area contributed by atoms with Crippen LogP contribution in [0.2, 0.25) is 0 Å². The van der Waals surface area contributed by atoms with E-state index in [0.29, 0.717) is 13.1 Å². The number of carbonyl (C=O) groups is 5. The molecule has 1 fully saturated rings. The maximum atomic E-state index is 13.9. The second kappa shape index (κ2) is 17.5. The van der Waals surface area contributed by atoms with Crippen LogP contribution >= 0.6 is 0 Å². The van der Waals surface area contributed by atoms with Crippen LogP contribution in [0.5, 0.6) is 5.75 Å². The number of rotatable bonds is 7. The monoisotopic (exact) mass is 648 g/mol. The zero-order valence-electron chi connectivity index (χ0n) is 27.6. The van der Waals surface area contributed by atoms with Gasteiger partial charge in [-0.05, 0) is 56.5 Å². The van der Waals surface area contributed by atoms with Gasteiger partial charge in [0.05, 0.1) is 24.6 Å². The van der Waals surface area contributed by atoms with Crippen molar-refractivity contribution in [1.29, 1.82) is 0 Å². The first-order valence-electron chi connectivity index (χ1n) is 16.5. The SMILES string of the molecule is CC(C)[C@H]1NC(=O)CN(Cc2ccccc2)C(=O)C[C@@H](C(=O)NCCN2CCCCC2)NC(=O)c2ccccc2OC[C@H](C)NC1=O. The van der Waals surface area contributed by atoms with Crippen LogP contribution in [0.1, 0.15) is 62.4 Å². The molecule has 47 heavy (non-hydrogen) atoms. The van der Waals surface area contributed by atoms with E-state index in [1.807, 2.05) is 44.2 Å². The lowest BCUT2D eigenvalue weighted by molar-refractivity contribution is -0.139. The number of nitrogens with zero attached hydrogens (tertiary/aromatic N) is 2. The van der Waals surface area contributed by atoms with Gasteiger partial charge in [-0.25, -0.2) is 0 Å². The molecule has 2 aromatic rings. The molecular weight excluding hydrogens is 600 g/mol. The van der Waals surface area contributed by atoms with Gasteiger partial charge in [-0.15, -0.1) is 0 Å². The maximum absolute atomic E-state index is 13.9. The summed E-state index contributed by atoms with van der Waals surface area (Å²) in [6.07, 6.45) is 3.06. The minimum atomic E-state index is -1.22. The van der Waals surface area contributed by atoms with E-state index in [4.69, 9.17) is 4.74 Å². The average Bonchev–Trinajstić information content (AvgIpc) is 3.06. The number of hydrogen-bond donors (Lipinski definition) is 4. The Morgan fingerprint density at radius 2 is 1.64 bits per heavy atom. The zero-order valence-corrected chi connectivity index (χ0v) is 27.6. The molecule has 2 aliphatic rings. The summed E-state index contributed by atoms with van der Waals surface area (Å²) in [5.41, 5.74) is 0.969. The first-order chi connectivity index (χ1) is 22.6. The smallest absolute Gasteiger partial charge is 0.255 e. The lowest BCUT2D eigenvalue weighted by atomic mass is 10.0. The van der Waals surface area contributed by atoms with E-state index in [1.165, 1.54) is 11.3 Å². The van der Waals surface area contributed by atoms with E-state index in [1.54, 1.807) is 31.2 Å². The molecule has 2 heterocycles. The minimum Gasteiger partial charge on any atom is -0.491 e. The summed E-state index contributed by atoms with van der Waals surface area (Å²) < 4.78 is 5.95. The van der Waals surface area contributed by atoms with Crippen molar-refractivity contribution in [2.75, 3.05) is 39.3 Å². The molecule has 0 spiro atoms. The molecule has 5 amide bonds. The van der Waals surface area contributed by atoms with Crippen molar-refractivity contribution in [1.82, 2.24) is 31.1 Å². The molecule has 4 N–H and O–H groups in total. The van der Waals surface area contributed by atoms with Crippen molar-refractivity contribution >= 4 is 29.5 Å². The third-order valence-corrected chi connectivity index (χ3v) is 8.35. The quantitative estimate of drug-likeness (QED) is 0.358. The van der Waals surface area contributed by atoms with Crippen LogP contribution in [0.25, 0.3) is 0 Å². The number of carbonyl (C=O) groups excluding carboxylic acids is 5. The number of likely N-dealkylation sites (tertiary alicyclic amines) is 1. The van der Waals surface area contributed by atoms with Gasteiger partial charge in [-0.1, -0.05) is 62.7 Å². The molecule has 4 rings (SSSR count). The minimum absolute atomic E-state index is 0.0541. The predicted octanol–water partition coefficient (Wildman–Crippen LogP) is 1.84. The summed E-state index contributed by atoms with van der Waals surface area (Å²) in [6.45, 7) is 8.19. The van der Waals surface area contributed by atoms with Gasteiger partial charge in [0.15, 0.2) is 0 Å². The Morgan fingerprint density at radius 3 is 2.36 bits per heavy atom. The molecule has 12 nitrogen and oxygen atoms in total. The summed E-state index contributed by atoms with van der Waals surface area (Å²) in [5, 5.41) is 11.3. The van der Waals surface area contributed by atoms with Crippen molar-refractivity contribution in [3.8, 4) is 5.75 Å². The van der Waals surface area contributed by atoms with Crippen LogP contribution in [-0.2, 0) is 25.7 Å². The maximum Gasteiger partial charge on any atom is 0.255 e. The first kappa shape index (κ1) is 35.4. The van der Waals surface area contributed by atoms with Gasteiger partial charge in [0, 0.05) is 19.6 Å². The number of amides is 5. The number of nitrogens with one attached hydrogen (secondary N) is 4. The molecule has 0 radical (unpaired) electrons. The fraction of sp³-hybridized carbons (Fsp3) is 0.514. The van der Waals surface area contributed by atoms with Gasteiger partial charge in [-0.2, -0.15) is 0 Å². The molecular formula is C35H48N6O6. The Labute approximate surface area is 277 Å². The molecule has 0 unspecified atom stereocenters. The van der Waals surface area contributed by atoms with E-state index in [9.17, 15) is 24.0 Å². The van der Waals surface area contributed by atoms with Crippen LogP contribution in [0.15, 0.2) is 54.6 Å². The van der Waals surface area contributed by atoms with Crippen LogP contribution in [0, 0.1) is 5.92 Å². The van der Waals surface area contributed by atoms with Crippen LogP contribution < -0.4 is 26.0 Å². The van der Waals surface area contributed by atoms with E-state index in [-0.39, 0.29) is 49.3 Å². The second-order valence-corrected chi connectivity index (χ2v) is 12.7. The van der Waals surface area contributed by atoms with E-state index in [2.05, 4.69) is 26.2 Å². The van der Waals surface area contributed by atoms with Gasteiger partial charge >= 0.3 is 0 Å².